The quantitative estimate of drug-likeness (QED) is 0.899. The smallest absolute Gasteiger partial charge is 0.243 e. The number of hydrogen-bond acceptors (Lipinski definition) is 3. The summed E-state index contributed by atoms with van der Waals surface area (Å²) in [6, 6.07) is 5.38. The van der Waals surface area contributed by atoms with E-state index in [9.17, 15) is 8.42 Å². The molecule has 1 N–H and O–H groups in total. The third-order valence-electron chi connectivity index (χ3n) is 3.08. The summed E-state index contributed by atoms with van der Waals surface area (Å²) in [6.07, 6.45) is 0. The lowest BCUT2D eigenvalue weighted by Gasteiger charge is -2.35. The van der Waals surface area contributed by atoms with Gasteiger partial charge in [-0.1, -0.05) is 22.0 Å². The van der Waals surface area contributed by atoms with E-state index in [0.29, 0.717) is 4.90 Å². The highest BCUT2D eigenvalue weighted by atomic mass is 79.9. The van der Waals surface area contributed by atoms with Crippen LogP contribution in [0.3, 0.4) is 0 Å². The Kier molecular flexibility index (Phi) is 5.20. The van der Waals surface area contributed by atoms with E-state index >= 15 is 0 Å². The van der Waals surface area contributed by atoms with Crippen molar-refractivity contribution in [1.29, 1.82) is 0 Å². The summed E-state index contributed by atoms with van der Waals surface area (Å²) in [7, 11) is -1.75. The fourth-order valence-corrected chi connectivity index (χ4v) is 3.85. The topological polar surface area (TPSA) is 49.4 Å². The molecule has 0 unspecified atom stereocenters. The average Bonchev–Trinajstić information content (AvgIpc) is 2.19. The molecule has 1 saturated heterocycles. The molecule has 18 heavy (non-hydrogen) atoms. The standard InChI is InChI=1S/C11H15BrN2O2S.ClH/c1-8-3-4-9(12)5-11(8)17(15,16)14(2)10-6-13-7-10;/h3-5,10,13H,6-7H2,1-2H3;1H. The van der Waals surface area contributed by atoms with Crippen molar-refractivity contribution in [1.82, 2.24) is 9.62 Å². The van der Waals surface area contributed by atoms with Crippen LogP contribution in [0.15, 0.2) is 27.6 Å². The van der Waals surface area contributed by atoms with Crippen LogP contribution in [0.5, 0.6) is 0 Å². The maximum atomic E-state index is 12.4. The first-order valence-corrected chi connectivity index (χ1v) is 7.61. The molecule has 0 radical (unpaired) electrons. The Bertz CT molecular complexity index is 532. The van der Waals surface area contributed by atoms with E-state index < -0.39 is 10.0 Å². The van der Waals surface area contributed by atoms with E-state index in [1.807, 2.05) is 19.1 Å². The number of hydrogen-bond donors (Lipinski definition) is 1. The van der Waals surface area contributed by atoms with Crippen LogP contribution in [-0.2, 0) is 10.0 Å². The Labute approximate surface area is 122 Å². The highest BCUT2D eigenvalue weighted by molar-refractivity contribution is 9.10. The molecular formula is C11H16BrClN2O2S. The summed E-state index contributed by atoms with van der Waals surface area (Å²) >= 11 is 3.31. The molecule has 7 heteroatoms. The van der Waals surface area contributed by atoms with Gasteiger partial charge in [0.1, 0.15) is 0 Å². The van der Waals surface area contributed by atoms with Crippen molar-refractivity contribution in [3.8, 4) is 0 Å². The normalized spacial score (nSPS) is 16.2. The Morgan fingerprint density at radius 2 is 2.00 bits per heavy atom. The van der Waals surface area contributed by atoms with E-state index in [1.54, 1.807) is 13.1 Å². The molecule has 0 aromatic heterocycles. The second kappa shape index (κ2) is 5.88. The predicted molar refractivity (Wildman–Crippen MR) is 77.7 cm³/mol. The van der Waals surface area contributed by atoms with Gasteiger partial charge >= 0.3 is 0 Å². The van der Waals surface area contributed by atoms with Crippen LogP contribution >= 0.6 is 28.3 Å². The van der Waals surface area contributed by atoms with Crippen molar-refractivity contribution in [3.05, 3.63) is 28.2 Å². The summed E-state index contributed by atoms with van der Waals surface area (Å²) in [5, 5.41) is 3.08. The summed E-state index contributed by atoms with van der Waals surface area (Å²) in [5.74, 6) is 0. The zero-order valence-electron chi connectivity index (χ0n) is 10.2. The summed E-state index contributed by atoms with van der Waals surface area (Å²) < 4.78 is 27.1. The van der Waals surface area contributed by atoms with Crippen molar-refractivity contribution in [2.45, 2.75) is 17.9 Å². The van der Waals surface area contributed by atoms with Crippen molar-refractivity contribution >= 4 is 38.4 Å². The van der Waals surface area contributed by atoms with Gasteiger partial charge in [-0.05, 0) is 24.6 Å². The molecule has 0 bridgehead atoms. The minimum Gasteiger partial charge on any atom is -0.313 e. The Balaban J connectivity index is 0.00000162. The number of nitrogens with one attached hydrogen (secondary N) is 1. The van der Waals surface area contributed by atoms with Crippen molar-refractivity contribution in [2.24, 2.45) is 0 Å². The number of likely N-dealkylation sites (N-methyl/N-ethyl adjacent to an activating group) is 1. The minimum absolute atomic E-state index is 0. The third kappa shape index (κ3) is 2.88. The van der Waals surface area contributed by atoms with E-state index in [4.69, 9.17) is 0 Å². The SMILES string of the molecule is Cc1ccc(Br)cc1S(=O)(=O)N(C)C1CNC1.Cl. The maximum absolute atomic E-state index is 12.4. The molecule has 0 aliphatic carbocycles. The molecule has 0 amide bonds. The van der Waals surface area contributed by atoms with E-state index in [1.165, 1.54) is 4.31 Å². The molecule has 1 aromatic rings. The van der Waals surface area contributed by atoms with Gasteiger partial charge in [0, 0.05) is 30.7 Å². The first-order valence-electron chi connectivity index (χ1n) is 5.38. The first-order chi connectivity index (χ1) is 7.93. The van der Waals surface area contributed by atoms with E-state index in [0.717, 1.165) is 23.1 Å². The second-order valence-corrected chi connectivity index (χ2v) is 7.12. The van der Waals surface area contributed by atoms with Gasteiger partial charge in [-0.2, -0.15) is 4.31 Å². The number of sulfonamides is 1. The lowest BCUT2D eigenvalue weighted by Crippen LogP contribution is -2.57. The molecule has 102 valence electrons. The van der Waals surface area contributed by atoms with Crippen LogP contribution in [0.2, 0.25) is 0 Å². The van der Waals surface area contributed by atoms with E-state index in [2.05, 4.69) is 21.2 Å². The highest BCUT2D eigenvalue weighted by Crippen LogP contribution is 2.24. The number of rotatable bonds is 3. The lowest BCUT2D eigenvalue weighted by molar-refractivity contribution is 0.274. The van der Waals surface area contributed by atoms with Crippen LogP contribution < -0.4 is 5.32 Å². The van der Waals surface area contributed by atoms with Gasteiger partial charge in [-0.15, -0.1) is 12.4 Å². The molecule has 0 atom stereocenters. The molecular weight excluding hydrogens is 340 g/mol. The van der Waals surface area contributed by atoms with Gasteiger partial charge in [-0.3, -0.25) is 0 Å². The highest BCUT2D eigenvalue weighted by Gasteiger charge is 2.32. The lowest BCUT2D eigenvalue weighted by atomic mass is 10.2. The Morgan fingerprint density at radius 1 is 1.39 bits per heavy atom. The molecule has 1 aromatic carbocycles. The molecule has 1 aliphatic heterocycles. The zero-order chi connectivity index (χ0) is 12.6. The zero-order valence-corrected chi connectivity index (χ0v) is 13.4. The van der Waals surface area contributed by atoms with Crippen molar-refractivity contribution < 1.29 is 8.42 Å². The first kappa shape index (κ1) is 15.9. The largest absolute Gasteiger partial charge is 0.313 e. The third-order valence-corrected chi connectivity index (χ3v) is 5.63. The maximum Gasteiger partial charge on any atom is 0.243 e. The van der Waals surface area contributed by atoms with Crippen LogP contribution in [0.4, 0.5) is 0 Å². The molecule has 4 nitrogen and oxygen atoms in total. The summed E-state index contributed by atoms with van der Waals surface area (Å²) in [4.78, 5) is 0.376. The van der Waals surface area contributed by atoms with Gasteiger partial charge in [-0.25, -0.2) is 8.42 Å². The number of halogens is 2. The minimum atomic E-state index is -3.39. The second-order valence-electron chi connectivity index (χ2n) is 4.24. The van der Waals surface area contributed by atoms with Gasteiger partial charge in [0.05, 0.1) is 4.90 Å². The molecule has 1 aliphatic rings. The fourth-order valence-electron chi connectivity index (χ4n) is 1.73. The van der Waals surface area contributed by atoms with Crippen LogP contribution in [0.1, 0.15) is 5.56 Å². The number of benzene rings is 1. The molecule has 0 saturated carbocycles. The predicted octanol–water partition coefficient (Wildman–Crippen LogP) is 1.77. The Morgan fingerprint density at radius 3 is 2.50 bits per heavy atom. The van der Waals surface area contributed by atoms with Crippen molar-refractivity contribution in [2.75, 3.05) is 20.1 Å². The Hall–Kier alpha value is -0.140. The summed E-state index contributed by atoms with van der Waals surface area (Å²) in [6.45, 7) is 3.26. The van der Waals surface area contributed by atoms with Gasteiger partial charge in [0.25, 0.3) is 0 Å². The monoisotopic (exact) mass is 354 g/mol. The number of nitrogens with zero attached hydrogens (tertiary/aromatic N) is 1. The van der Waals surface area contributed by atoms with Gasteiger partial charge in [0.2, 0.25) is 10.0 Å². The average molecular weight is 356 g/mol. The van der Waals surface area contributed by atoms with Crippen LogP contribution in [0, 0.1) is 6.92 Å². The van der Waals surface area contributed by atoms with Gasteiger partial charge < -0.3 is 5.32 Å². The molecule has 1 heterocycles. The molecule has 2 rings (SSSR count). The molecule has 0 spiro atoms. The van der Waals surface area contributed by atoms with Gasteiger partial charge in [0.15, 0.2) is 0 Å². The van der Waals surface area contributed by atoms with Crippen molar-refractivity contribution in [3.63, 3.8) is 0 Å². The van der Waals surface area contributed by atoms with Crippen LogP contribution in [0.25, 0.3) is 0 Å². The van der Waals surface area contributed by atoms with Crippen LogP contribution in [-0.4, -0.2) is 38.9 Å². The fraction of sp³-hybridized carbons (Fsp3) is 0.455. The molecule has 1 fully saturated rings. The number of aryl methyl sites for hydroxylation is 1. The summed E-state index contributed by atoms with van der Waals surface area (Å²) in [5.41, 5.74) is 0.771. The van der Waals surface area contributed by atoms with E-state index in [-0.39, 0.29) is 18.4 Å².